The molecule has 172 valence electrons. The van der Waals surface area contributed by atoms with Gasteiger partial charge in [0.25, 0.3) is 0 Å². The molecule has 1 aromatic heterocycles. The van der Waals surface area contributed by atoms with Crippen LogP contribution in [0.5, 0.6) is 11.5 Å². The fourth-order valence-corrected chi connectivity index (χ4v) is 3.47. The number of ether oxygens (including phenoxy) is 2. The molecule has 0 saturated heterocycles. The minimum atomic E-state index is -0.106. The van der Waals surface area contributed by atoms with Gasteiger partial charge in [0, 0.05) is 22.7 Å². The number of halogens is 1. The van der Waals surface area contributed by atoms with Gasteiger partial charge in [-0.2, -0.15) is 0 Å². The van der Waals surface area contributed by atoms with Crippen molar-refractivity contribution in [1.29, 1.82) is 0 Å². The zero-order valence-corrected chi connectivity index (χ0v) is 19.6. The van der Waals surface area contributed by atoms with E-state index >= 15 is 0 Å². The number of hydrogen-bond acceptors (Lipinski definition) is 6. The first-order valence-corrected chi connectivity index (χ1v) is 11.2. The Morgan fingerprint density at radius 2 is 1.94 bits per heavy atom. The van der Waals surface area contributed by atoms with E-state index in [-0.39, 0.29) is 24.6 Å². The normalized spacial score (nSPS) is 13.5. The van der Waals surface area contributed by atoms with Gasteiger partial charge in [-0.05, 0) is 74.7 Å². The van der Waals surface area contributed by atoms with Gasteiger partial charge < -0.3 is 18.8 Å². The predicted octanol–water partition coefficient (Wildman–Crippen LogP) is 5.39. The summed E-state index contributed by atoms with van der Waals surface area (Å²) in [5, 5.41) is 8.87. The second kappa shape index (κ2) is 10.1. The highest BCUT2D eigenvalue weighted by Crippen LogP contribution is 2.31. The van der Waals surface area contributed by atoms with Crippen LogP contribution >= 0.6 is 11.6 Å². The van der Waals surface area contributed by atoms with Crippen LogP contribution in [0.1, 0.15) is 38.1 Å². The van der Waals surface area contributed by atoms with E-state index in [9.17, 15) is 4.79 Å². The van der Waals surface area contributed by atoms with Gasteiger partial charge in [0.05, 0.1) is 19.8 Å². The summed E-state index contributed by atoms with van der Waals surface area (Å²) in [6.07, 6.45) is 5.30. The third-order valence-electron chi connectivity index (χ3n) is 5.10. The van der Waals surface area contributed by atoms with Gasteiger partial charge in [-0.1, -0.05) is 17.7 Å². The minimum Gasteiger partial charge on any atom is -0.493 e. The van der Waals surface area contributed by atoms with E-state index in [0.29, 0.717) is 28.3 Å². The molecule has 0 bridgehead atoms. The number of carbonyl (C=O) groups is 1. The first-order chi connectivity index (χ1) is 15.9. The van der Waals surface area contributed by atoms with Gasteiger partial charge in [0.2, 0.25) is 17.7 Å². The summed E-state index contributed by atoms with van der Waals surface area (Å²) in [5.74, 6) is 1.98. The Labute approximate surface area is 198 Å². The first kappa shape index (κ1) is 22.9. The molecular formula is C25H26ClN3O4. The maximum atomic E-state index is 13.0. The lowest BCUT2D eigenvalue weighted by molar-refractivity contribution is -0.127. The van der Waals surface area contributed by atoms with Crippen molar-refractivity contribution in [2.45, 2.75) is 45.4 Å². The van der Waals surface area contributed by atoms with E-state index < -0.39 is 0 Å². The number of benzene rings is 2. The highest BCUT2D eigenvalue weighted by molar-refractivity contribution is 6.30. The average molecular weight is 468 g/mol. The van der Waals surface area contributed by atoms with Crippen LogP contribution < -0.4 is 9.47 Å². The Bertz CT molecular complexity index is 1140. The largest absolute Gasteiger partial charge is 0.493 e. The molecule has 1 heterocycles. The maximum absolute atomic E-state index is 13.0. The number of aromatic nitrogens is 2. The highest BCUT2D eigenvalue weighted by Gasteiger charge is 2.32. The molecule has 1 aliphatic rings. The van der Waals surface area contributed by atoms with E-state index in [1.807, 2.05) is 44.2 Å². The van der Waals surface area contributed by atoms with Crippen LogP contribution in [-0.2, 0) is 11.3 Å². The van der Waals surface area contributed by atoms with Gasteiger partial charge in [-0.25, -0.2) is 0 Å². The van der Waals surface area contributed by atoms with Gasteiger partial charge in [-0.3, -0.25) is 4.79 Å². The Morgan fingerprint density at radius 3 is 2.61 bits per heavy atom. The molecule has 8 heteroatoms. The maximum Gasteiger partial charge on any atom is 0.247 e. The Kier molecular flexibility index (Phi) is 6.99. The molecule has 1 amide bonds. The molecule has 1 saturated carbocycles. The summed E-state index contributed by atoms with van der Waals surface area (Å²) < 4.78 is 17.0. The van der Waals surface area contributed by atoms with Gasteiger partial charge in [-0.15, -0.1) is 10.2 Å². The number of hydrogen-bond donors (Lipinski definition) is 0. The molecule has 0 atom stereocenters. The van der Waals surface area contributed by atoms with Crippen molar-refractivity contribution in [2.75, 3.05) is 7.11 Å². The topological polar surface area (TPSA) is 77.7 Å². The summed E-state index contributed by atoms with van der Waals surface area (Å²) in [6.45, 7) is 4.18. The lowest BCUT2D eigenvalue weighted by Gasteiger charge is -2.18. The molecule has 0 unspecified atom stereocenters. The smallest absolute Gasteiger partial charge is 0.247 e. The van der Waals surface area contributed by atoms with Crippen molar-refractivity contribution < 1.29 is 18.7 Å². The molecule has 0 spiro atoms. The van der Waals surface area contributed by atoms with Gasteiger partial charge in [0.1, 0.15) is 0 Å². The molecule has 0 radical (unpaired) electrons. The Hall–Kier alpha value is -3.32. The van der Waals surface area contributed by atoms with E-state index in [2.05, 4.69) is 10.2 Å². The fraction of sp³-hybridized carbons (Fsp3) is 0.320. The molecular weight excluding hydrogens is 442 g/mol. The van der Waals surface area contributed by atoms with E-state index in [1.54, 1.807) is 36.3 Å². The molecule has 33 heavy (non-hydrogen) atoms. The summed E-state index contributed by atoms with van der Waals surface area (Å²) in [7, 11) is 1.60. The summed E-state index contributed by atoms with van der Waals surface area (Å²) in [5.41, 5.74) is 1.62. The highest BCUT2D eigenvalue weighted by atomic mass is 35.5. The van der Waals surface area contributed by atoms with Gasteiger partial charge >= 0.3 is 0 Å². The Morgan fingerprint density at radius 1 is 1.18 bits per heavy atom. The molecule has 7 nitrogen and oxygen atoms in total. The monoisotopic (exact) mass is 467 g/mol. The summed E-state index contributed by atoms with van der Waals surface area (Å²) in [6, 6.07) is 12.9. The number of rotatable bonds is 9. The summed E-state index contributed by atoms with van der Waals surface area (Å²) in [4.78, 5) is 14.7. The first-order valence-electron chi connectivity index (χ1n) is 10.8. The molecule has 0 aliphatic heterocycles. The van der Waals surface area contributed by atoms with Crippen molar-refractivity contribution in [1.82, 2.24) is 15.1 Å². The van der Waals surface area contributed by atoms with Crippen LogP contribution in [0.3, 0.4) is 0 Å². The van der Waals surface area contributed by atoms with Crippen LogP contribution in [-0.4, -0.2) is 40.3 Å². The number of nitrogens with zero attached hydrogens (tertiary/aromatic N) is 3. The standard InChI is InChI=1S/C25H26ClN3O4/c1-16(2)32-21-12-4-17(14-22(21)31-3)5-13-24(30)29(20-10-11-20)15-23-27-28-25(33-23)18-6-8-19(26)9-7-18/h4-9,12-14,16,20H,10-11,15H2,1-3H3/b13-5+. The second-order valence-corrected chi connectivity index (χ2v) is 8.55. The average Bonchev–Trinajstić information content (AvgIpc) is 3.54. The van der Waals surface area contributed by atoms with Gasteiger partial charge in [0.15, 0.2) is 11.5 Å². The molecule has 4 rings (SSSR count). The number of methoxy groups -OCH3 is 1. The number of carbonyl (C=O) groups excluding carboxylic acids is 1. The van der Waals surface area contributed by atoms with Crippen molar-refractivity contribution in [3.63, 3.8) is 0 Å². The molecule has 1 aliphatic carbocycles. The molecule has 3 aromatic rings. The van der Waals surface area contributed by atoms with Crippen LogP contribution in [0.2, 0.25) is 5.02 Å². The van der Waals surface area contributed by atoms with Crippen LogP contribution in [0.25, 0.3) is 17.5 Å². The van der Waals surface area contributed by atoms with E-state index in [1.165, 1.54) is 0 Å². The fourth-order valence-electron chi connectivity index (χ4n) is 3.35. The third-order valence-corrected chi connectivity index (χ3v) is 5.36. The second-order valence-electron chi connectivity index (χ2n) is 8.12. The van der Waals surface area contributed by atoms with Crippen LogP contribution in [0.4, 0.5) is 0 Å². The zero-order valence-electron chi connectivity index (χ0n) is 18.8. The van der Waals surface area contributed by atoms with Crippen molar-refractivity contribution in [2.24, 2.45) is 0 Å². The molecule has 0 N–H and O–H groups in total. The quantitative estimate of drug-likeness (QED) is 0.392. The lowest BCUT2D eigenvalue weighted by Crippen LogP contribution is -2.31. The SMILES string of the molecule is COc1cc(/C=C/C(=O)N(Cc2nnc(-c3ccc(Cl)cc3)o2)C2CC2)ccc1OC(C)C. The van der Waals surface area contributed by atoms with E-state index in [4.69, 9.17) is 25.5 Å². The zero-order chi connectivity index (χ0) is 23.4. The predicted molar refractivity (Wildman–Crippen MR) is 126 cm³/mol. The van der Waals surface area contributed by atoms with Crippen molar-refractivity contribution >= 4 is 23.6 Å². The molecule has 2 aromatic carbocycles. The third kappa shape index (κ3) is 5.93. The van der Waals surface area contributed by atoms with Crippen LogP contribution in [0, 0.1) is 0 Å². The van der Waals surface area contributed by atoms with Crippen molar-refractivity contribution in [3.8, 4) is 23.0 Å². The Balaban J connectivity index is 1.45. The minimum absolute atomic E-state index is 0.0406. The summed E-state index contributed by atoms with van der Waals surface area (Å²) >= 11 is 5.94. The molecule has 1 fully saturated rings. The number of amides is 1. The lowest BCUT2D eigenvalue weighted by atomic mass is 10.2. The van der Waals surface area contributed by atoms with Crippen LogP contribution in [0.15, 0.2) is 53.0 Å². The van der Waals surface area contributed by atoms with E-state index in [0.717, 1.165) is 24.0 Å². The van der Waals surface area contributed by atoms with Crippen molar-refractivity contribution in [3.05, 3.63) is 65.0 Å².